The van der Waals surface area contributed by atoms with E-state index in [9.17, 15) is 9.90 Å². The van der Waals surface area contributed by atoms with Crippen molar-refractivity contribution < 1.29 is 9.90 Å². The Morgan fingerprint density at radius 2 is 2.31 bits per heavy atom. The highest BCUT2D eigenvalue weighted by Gasteiger charge is 2.30. The molecule has 0 aromatic rings. The monoisotopic (exact) mass is 225 g/mol. The molecular formula is C11H19N3O2. The molecule has 0 radical (unpaired) electrons. The van der Waals surface area contributed by atoms with E-state index in [0.29, 0.717) is 6.42 Å². The second-order valence-corrected chi connectivity index (χ2v) is 4.71. The smallest absolute Gasteiger partial charge is 0.332 e. The van der Waals surface area contributed by atoms with E-state index >= 15 is 0 Å². The van der Waals surface area contributed by atoms with Crippen molar-refractivity contribution in [1.82, 2.24) is 5.43 Å². The van der Waals surface area contributed by atoms with Gasteiger partial charge in [-0.3, -0.25) is 0 Å². The highest BCUT2D eigenvalue weighted by Crippen LogP contribution is 2.30. The maximum absolute atomic E-state index is 10.6. The molecule has 1 aliphatic rings. The van der Waals surface area contributed by atoms with Gasteiger partial charge in [-0.25, -0.2) is 10.2 Å². The van der Waals surface area contributed by atoms with Crippen molar-refractivity contribution >= 4 is 11.7 Å². The minimum atomic E-state index is -0.745. The van der Waals surface area contributed by atoms with Gasteiger partial charge in [0, 0.05) is 0 Å². The van der Waals surface area contributed by atoms with Crippen molar-refractivity contribution in [1.29, 1.82) is 0 Å². The van der Waals surface area contributed by atoms with Crippen LogP contribution >= 0.6 is 0 Å². The highest BCUT2D eigenvalue weighted by molar-refractivity contribution is 6.00. The van der Waals surface area contributed by atoms with Crippen LogP contribution in [0.3, 0.4) is 0 Å². The van der Waals surface area contributed by atoms with Crippen molar-refractivity contribution in [2.45, 2.75) is 39.2 Å². The molecule has 0 spiro atoms. The van der Waals surface area contributed by atoms with Gasteiger partial charge in [-0.1, -0.05) is 6.08 Å². The van der Waals surface area contributed by atoms with Gasteiger partial charge in [-0.15, -0.1) is 0 Å². The van der Waals surface area contributed by atoms with Crippen LogP contribution < -0.4 is 11.2 Å². The number of carbonyl (C=O) groups excluding carboxylic acids is 1. The lowest BCUT2D eigenvalue weighted by Crippen LogP contribution is -2.35. The molecule has 5 nitrogen and oxygen atoms in total. The molecule has 2 amide bonds. The summed E-state index contributed by atoms with van der Waals surface area (Å²) in [6.45, 7) is 5.50. The first kappa shape index (κ1) is 12.7. The van der Waals surface area contributed by atoms with Gasteiger partial charge in [0.05, 0.1) is 11.3 Å². The van der Waals surface area contributed by atoms with Gasteiger partial charge < -0.3 is 10.8 Å². The molecule has 0 fully saturated rings. The van der Waals surface area contributed by atoms with Crippen molar-refractivity contribution in [3.05, 3.63) is 11.6 Å². The molecular weight excluding hydrogens is 206 g/mol. The Bertz CT molecular complexity index is 340. The molecule has 1 atom stereocenters. The van der Waals surface area contributed by atoms with Crippen molar-refractivity contribution in [3.63, 3.8) is 0 Å². The predicted molar refractivity (Wildman–Crippen MR) is 62.9 cm³/mol. The molecule has 1 rings (SSSR count). The number of nitrogens with one attached hydrogen (secondary N) is 1. The van der Waals surface area contributed by atoms with Crippen molar-refractivity contribution in [2.75, 3.05) is 0 Å². The minimum Gasteiger partial charge on any atom is -0.390 e. The van der Waals surface area contributed by atoms with Gasteiger partial charge in [0.15, 0.2) is 0 Å². The number of hydrogen-bond acceptors (Lipinski definition) is 3. The van der Waals surface area contributed by atoms with E-state index in [2.05, 4.69) is 10.5 Å². The molecule has 4 N–H and O–H groups in total. The number of rotatable bonds is 2. The summed E-state index contributed by atoms with van der Waals surface area (Å²) in [7, 11) is 0. The third-order valence-electron chi connectivity index (χ3n) is 2.90. The molecule has 0 saturated heterocycles. The standard InChI is InChI=1S/C11H19N3O2/c1-7-4-5-8(11(2,3)16)6-9(7)13-14-10(12)15/h4,8,16H,5-6H2,1-3H3,(H3,12,14,15). The maximum atomic E-state index is 10.6. The quantitative estimate of drug-likeness (QED) is 0.615. The van der Waals surface area contributed by atoms with E-state index in [1.165, 1.54) is 0 Å². The topological polar surface area (TPSA) is 87.7 Å². The van der Waals surface area contributed by atoms with Gasteiger partial charge in [-0.05, 0) is 45.1 Å². The fourth-order valence-corrected chi connectivity index (χ4v) is 1.71. The minimum absolute atomic E-state index is 0.115. The van der Waals surface area contributed by atoms with Crippen LogP contribution in [-0.2, 0) is 0 Å². The van der Waals surface area contributed by atoms with E-state index in [1.54, 1.807) is 13.8 Å². The number of aliphatic hydroxyl groups is 1. The Hall–Kier alpha value is -1.36. The molecule has 90 valence electrons. The van der Waals surface area contributed by atoms with Crippen LogP contribution in [0, 0.1) is 5.92 Å². The molecule has 1 aliphatic carbocycles. The molecule has 5 heteroatoms. The Morgan fingerprint density at radius 1 is 1.69 bits per heavy atom. The van der Waals surface area contributed by atoms with Crippen LogP contribution in [0.1, 0.15) is 33.6 Å². The predicted octanol–water partition coefficient (Wildman–Crippen LogP) is 1.14. The van der Waals surface area contributed by atoms with Crippen LogP contribution in [0.2, 0.25) is 0 Å². The van der Waals surface area contributed by atoms with E-state index in [4.69, 9.17) is 5.73 Å². The molecule has 0 aliphatic heterocycles. The molecule has 0 aromatic heterocycles. The zero-order valence-electron chi connectivity index (χ0n) is 9.95. The Kier molecular flexibility index (Phi) is 3.70. The largest absolute Gasteiger partial charge is 0.390 e. The fraction of sp³-hybridized carbons (Fsp3) is 0.636. The first-order chi connectivity index (χ1) is 7.30. The number of urea groups is 1. The summed E-state index contributed by atoms with van der Waals surface area (Å²) in [5, 5.41) is 13.9. The number of carbonyl (C=O) groups is 1. The average molecular weight is 225 g/mol. The highest BCUT2D eigenvalue weighted by atomic mass is 16.3. The summed E-state index contributed by atoms with van der Waals surface area (Å²) in [4.78, 5) is 10.6. The average Bonchev–Trinajstić information content (AvgIpc) is 2.14. The van der Waals surface area contributed by atoms with Crippen molar-refractivity contribution in [3.8, 4) is 0 Å². The third kappa shape index (κ3) is 3.34. The summed E-state index contributed by atoms with van der Waals surface area (Å²) in [5.41, 5.74) is 8.22. The van der Waals surface area contributed by atoms with Crippen LogP contribution in [-0.4, -0.2) is 22.5 Å². The van der Waals surface area contributed by atoms with E-state index < -0.39 is 11.6 Å². The Balaban J connectivity index is 2.79. The van der Waals surface area contributed by atoms with E-state index in [1.807, 2.05) is 13.0 Å². The second-order valence-electron chi connectivity index (χ2n) is 4.71. The molecule has 16 heavy (non-hydrogen) atoms. The van der Waals surface area contributed by atoms with Gasteiger partial charge in [0.1, 0.15) is 0 Å². The number of hydrazone groups is 1. The zero-order valence-corrected chi connectivity index (χ0v) is 9.95. The molecule has 0 saturated carbocycles. The summed E-state index contributed by atoms with van der Waals surface area (Å²) in [5.74, 6) is 0.115. The summed E-state index contributed by atoms with van der Waals surface area (Å²) in [6, 6.07) is -0.675. The molecule has 0 bridgehead atoms. The number of hydrogen-bond donors (Lipinski definition) is 3. The lowest BCUT2D eigenvalue weighted by molar-refractivity contribution is 0.0204. The van der Waals surface area contributed by atoms with Gasteiger partial charge in [0.25, 0.3) is 0 Å². The van der Waals surface area contributed by atoms with E-state index in [0.717, 1.165) is 17.7 Å². The van der Waals surface area contributed by atoms with Crippen LogP contribution in [0.25, 0.3) is 0 Å². The third-order valence-corrected chi connectivity index (χ3v) is 2.90. The Morgan fingerprint density at radius 3 is 2.81 bits per heavy atom. The normalized spacial score (nSPS) is 24.1. The number of nitrogens with two attached hydrogens (primary N) is 1. The van der Waals surface area contributed by atoms with E-state index in [-0.39, 0.29) is 5.92 Å². The SMILES string of the molecule is CC1=CCC(C(C)(C)O)CC1=NNC(N)=O. The summed E-state index contributed by atoms with van der Waals surface area (Å²) in [6.07, 6.45) is 3.49. The van der Waals surface area contributed by atoms with Gasteiger partial charge in [0.2, 0.25) is 0 Å². The Labute approximate surface area is 95.4 Å². The maximum Gasteiger partial charge on any atom is 0.332 e. The molecule has 0 heterocycles. The van der Waals surface area contributed by atoms with Crippen LogP contribution in [0.4, 0.5) is 4.79 Å². The number of allylic oxidation sites excluding steroid dienone is 2. The van der Waals surface area contributed by atoms with Crippen LogP contribution in [0.5, 0.6) is 0 Å². The lowest BCUT2D eigenvalue weighted by Gasteiger charge is -2.31. The number of primary amides is 1. The van der Waals surface area contributed by atoms with Crippen molar-refractivity contribution in [2.24, 2.45) is 16.8 Å². The van der Waals surface area contributed by atoms with Crippen LogP contribution in [0.15, 0.2) is 16.8 Å². The fourth-order valence-electron chi connectivity index (χ4n) is 1.71. The first-order valence-electron chi connectivity index (χ1n) is 5.32. The lowest BCUT2D eigenvalue weighted by atomic mass is 9.79. The zero-order chi connectivity index (χ0) is 12.3. The summed E-state index contributed by atoms with van der Waals surface area (Å²) >= 11 is 0. The van der Waals surface area contributed by atoms with Gasteiger partial charge >= 0.3 is 6.03 Å². The summed E-state index contributed by atoms with van der Waals surface area (Å²) < 4.78 is 0. The van der Waals surface area contributed by atoms with Gasteiger partial charge in [-0.2, -0.15) is 5.10 Å². The molecule has 0 aromatic carbocycles. The first-order valence-corrected chi connectivity index (χ1v) is 5.32. The number of amides is 2. The second kappa shape index (κ2) is 4.65. The number of nitrogens with zero attached hydrogens (tertiary/aromatic N) is 1. The molecule has 1 unspecified atom stereocenters.